The van der Waals surface area contributed by atoms with Crippen molar-refractivity contribution in [1.29, 1.82) is 0 Å². The molecule has 3 N–H and O–H groups in total. The minimum absolute atomic E-state index is 0.0125. The number of rotatable bonds is 2. The van der Waals surface area contributed by atoms with Crippen molar-refractivity contribution in [3.05, 3.63) is 71.0 Å². The highest BCUT2D eigenvalue weighted by Crippen LogP contribution is 2.07. The zero-order chi connectivity index (χ0) is 15.2. The number of hydroxylamine groups is 2. The van der Waals surface area contributed by atoms with Crippen LogP contribution in [0.4, 0.5) is 9.18 Å². The summed E-state index contributed by atoms with van der Waals surface area (Å²) in [6.45, 7) is -0.0125. The van der Waals surface area contributed by atoms with Crippen molar-refractivity contribution in [3.8, 4) is 11.8 Å². The number of carbonyl (C=O) groups is 1. The maximum absolute atomic E-state index is 12.8. The van der Waals surface area contributed by atoms with E-state index in [1.165, 1.54) is 12.1 Å². The highest BCUT2D eigenvalue weighted by Gasteiger charge is 2.06. The highest BCUT2D eigenvalue weighted by molar-refractivity contribution is 5.70. The third-order valence-corrected chi connectivity index (χ3v) is 2.71. The van der Waals surface area contributed by atoms with Crippen LogP contribution in [0, 0.1) is 17.7 Å². The van der Waals surface area contributed by atoms with Gasteiger partial charge in [-0.3, -0.25) is 5.21 Å². The van der Waals surface area contributed by atoms with Crippen LogP contribution in [-0.2, 0) is 6.54 Å². The third-order valence-electron chi connectivity index (χ3n) is 2.71. The van der Waals surface area contributed by atoms with Crippen molar-refractivity contribution in [2.24, 2.45) is 5.73 Å². The number of nitrogens with zero attached hydrogens (tertiary/aromatic N) is 1. The molecule has 0 saturated heterocycles. The molecule has 0 aromatic heterocycles. The van der Waals surface area contributed by atoms with Crippen LogP contribution in [0.15, 0.2) is 48.5 Å². The van der Waals surface area contributed by atoms with Gasteiger partial charge in [-0.05, 0) is 42.0 Å². The van der Waals surface area contributed by atoms with Crippen molar-refractivity contribution < 1.29 is 14.4 Å². The molecule has 0 radical (unpaired) electrons. The fourth-order valence-corrected chi connectivity index (χ4v) is 1.68. The Morgan fingerprint density at radius 1 is 1.14 bits per heavy atom. The van der Waals surface area contributed by atoms with Gasteiger partial charge in [-0.15, -0.1) is 0 Å². The second-order valence-corrected chi connectivity index (χ2v) is 4.35. The van der Waals surface area contributed by atoms with Gasteiger partial charge >= 0.3 is 6.03 Å². The van der Waals surface area contributed by atoms with Crippen LogP contribution >= 0.6 is 0 Å². The smallest absolute Gasteiger partial charge is 0.338 e. The number of benzene rings is 2. The van der Waals surface area contributed by atoms with Crippen LogP contribution in [0.5, 0.6) is 0 Å². The average molecular weight is 284 g/mol. The Hall–Kier alpha value is -2.84. The fraction of sp³-hybridized carbons (Fsp3) is 0.0625. The molecular weight excluding hydrogens is 271 g/mol. The minimum Gasteiger partial charge on any atom is -0.350 e. The van der Waals surface area contributed by atoms with Gasteiger partial charge in [-0.25, -0.2) is 14.2 Å². The van der Waals surface area contributed by atoms with Gasteiger partial charge in [0.15, 0.2) is 0 Å². The molecule has 0 spiro atoms. The summed E-state index contributed by atoms with van der Waals surface area (Å²) < 4.78 is 12.8. The molecule has 0 bridgehead atoms. The van der Waals surface area contributed by atoms with Crippen LogP contribution in [0.25, 0.3) is 0 Å². The Labute approximate surface area is 121 Å². The standard InChI is InChI=1S/C16H13FN2O2/c17-15-8-6-12(7-9-15)4-5-13-2-1-3-14(10-13)11-19(21)16(18)20/h1-3,6-10,21H,11H2,(H2,18,20). The van der Waals surface area contributed by atoms with Gasteiger partial charge in [-0.2, -0.15) is 0 Å². The first kappa shape index (κ1) is 14.6. The van der Waals surface area contributed by atoms with E-state index in [1.807, 2.05) is 0 Å². The van der Waals surface area contributed by atoms with Gasteiger partial charge in [0.05, 0.1) is 6.54 Å². The van der Waals surface area contributed by atoms with E-state index in [4.69, 9.17) is 5.73 Å². The summed E-state index contributed by atoms with van der Waals surface area (Å²) in [5, 5.41) is 9.72. The number of halogens is 1. The SMILES string of the molecule is NC(=O)N(O)Cc1cccc(C#Cc2ccc(F)cc2)c1. The van der Waals surface area contributed by atoms with Crippen LogP contribution in [0.1, 0.15) is 16.7 Å². The molecule has 0 aliphatic carbocycles. The summed E-state index contributed by atoms with van der Waals surface area (Å²) in [7, 11) is 0. The lowest BCUT2D eigenvalue weighted by atomic mass is 10.1. The minimum atomic E-state index is -0.919. The van der Waals surface area contributed by atoms with Gasteiger partial charge in [0, 0.05) is 11.1 Å². The van der Waals surface area contributed by atoms with Crippen molar-refractivity contribution in [1.82, 2.24) is 5.06 Å². The van der Waals surface area contributed by atoms with Crippen LogP contribution in [-0.4, -0.2) is 16.3 Å². The van der Waals surface area contributed by atoms with Crippen molar-refractivity contribution in [3.63, 3.8) is 0 Å². The summed E-state index contributed by atoms with van der Waals surface area (Å²) in [6.07, 6.45) is 0. The third kappa shape index (κ3) is 4.34. The predicted molar refractivity (Wildman–Crippen MR) is 75.7 cm³/mol. The van der Waals surface area contributed by atoms with Gasteiger partial charge in [0.2, 0.25) is 0 Å². The van der Waals surface area contributed by atoms with E-state index in [2.05, 4.69) is 11.8 Å². The number of hydrogen-bond acceptors (Lipinski definition) is 2. The lowest BCUT2D eigenvalue weighted by Crippen LogP contribution is -2.31. The maximum atomic E-state index is 12.8. The Morgan fingerprint density at radius 3 is 2.48 bits per heavy atom. The Morgan fingerprint density at radius 2 is 1.81 bits per heavy atom. The van der Waals surface area contributed by atoms with E-state index in [0.29, 0.717) is 16.2 Å². The second-order valence-electron chi connectivity index (χ2n) is 4.35. The largest absolute Gasteiger partial charge is 0.350 e. The maximum Gasteiger partial charge on any atom is 0.338 e. The van der Waals surface area contributed by atoms with Crippen LogP contribution in [0.2, 0.25) is 0 Å². The number of carbonyl (C=O) groups excluding carboxylic acids is 1. The molecule has 0 aliphatic rings. The number of amides is 2. The van der Waals surface area contributed by atoms with Gasteiger partial charge < -0.3 is 5.73 Å². The van der Waals surface area contributed by atoms with E-state index < -0.39 is 6.03 Å². The fourth-order valence-electron chi connectivity index (χ4n) is 1.68. The summed E-state index contributed by atoms with van der Waals surface area (Å²) >= 11 is 0. The average Bonchev–Trinajstić information content (AvgIpc) is 2.47. The lowest BCUT2D eigenvalue weighted by molar-refractivity contribution is -0.0470. The van der Waals surface area contributed by atoms with Crippen LogP contribution in [0.3, 0.4) is 0 Å². The molecule has 0 aliphatic heterocycles. The Kier molecular flexibility index (Phi) is 4.54. The first-order valence-corrected chi connectivity index (χ1v) is 6.17. The molecule has 5 heteroatoms. The molecule has 2 aromatic rings. The summed E-state index contributed by atoms with van der Waals surface area (Å²) in [5.74, 6) is 5.53. The Balaban J connectivity index is 2.15. The molecule has 2 rings (SSSR count). The van der Waals surface area contributed by atoms with Gasteiger partial charge in [-0.1, -0.05) is 24.0 Å². The number of urea groups is 1. The van der Waals surface area contributed by atoms with E-state index in [1.54, 1.807) is 36.4 Å². The molecule has 2 aromatic carbocycles. The topological polar surface area (TPSA) is 66.6 Å². The van der Waals surface area contributed by atoms with E-state index in [0.717, 1.165) is 5.56 Å². The summed E-state index contributed by atoms with van der Waals surface area (Å²) in [5.41, 5.74) is 7.06. The normalized spacial score (nSPS) is 9.62. The number of hydrogen-bond donors (Lipinski definition) is 2. The van der Waals surface area contributed by atoms with Gasteiger partial charge in [0.25, 0.3) is 0 Å². The molecule has 0 saturated carbocycles. The van der Waals surface area contributed by atoms with Crippen LogP contribution < -0.4 is 5.73 Å². The first-order valence-electron chi connectivity index (χ1n) is 6.17. The second kappa shape index (κ2) is 6.55. The van der Waals surface area contributed by atoms with E-state index >= 15 is 0 Å². The van der Waals surface area contributed by atoms with Crippen molar-refractivity contribution in [2.75, 3.05) is 0 Å². The Bertz CT molecular complexity index is 702. The zero-order valence-electron chi connectivity index (χ0n) is 11.1. The molecule has 0 heterocycles. The molecule has 2 amide bonds. The van der Waals surface area contributed by atoms with E-state index in [-0.39, 0.29) is 12.4 Å². The summed E-state index contributed by atoms with van der Waals surface area (Å²) in [6, 6.07) is 12.0. The first-order chi connectivity index (χ1) is 10.0. The molecule has 0 fully saturated rings. The summed E-state index contributed by atoms with van der Waals surface area (Å²) in [4.78, 5) is 10.8. The molecular formula is C16H13FN2O2. The van der Waals surface area contributed by atoms with E-state index in [9.17, 15) is 14.4 Å². The number of primary amides is 1. The molecule has 0 atom stereocenters. The highest BCUT2D eigenvalue weighted by atomic mass is 19.1. The molecule has 4 nitrogen and oxygen atoms in total. The van der Waals surface area contributed by atoms with Crippen molar-refractivity contribution >= 4 is 6.03 Å². The lowest BCUT2D eigenvalue weighted by Gasteiger charge is -2.11. The number of nitrogens with two attached hydrogens (primary N) is 1. The molecule has 21 heavy (non-hydrogen) atoms. The molecule has 0 unspecified atom stereocenters. The van der Waals surface area contributed by atoms with Crippen molar-refractivity contribution in [2.45, 2.75) is 6.54 Å². The molecule has 106 valence electrons. The quantitative estimate of drug-likeness (QED) is 0.505. The zero-order valence-corrected chi connectivity index (χ0v) is 11.1. The predicted octanol–water partition coefficient (Wildman–Crippen LogP) is 2.50. The monoisotopic (exact) mass is 284 g/mol. The van der Waals surface area contributed by atoms with Gasteiger partial charge in [0.1, 0.15) is 5.82 Å².